The van der Waals surface area contributed by atoms with Crippen molar-refractivity contribution in [3.63, 3.8) is 0 Å². The molecule has 1 aliphatic rings. The molecule has 1 aromatic carbocycles. The first-order valence-corrected chi connectivity index (χ1v) is 11.6. The largest absolute Gasteiger partial charge is 0.496 e. The molecule has 1 fully saturated rings. The van der Waals surface area contributed by atoms with E-state index in [0.29, 0.717) is 37.5 Å². The van der Waals surface area contributed by atoms with E-state index in [4.69, 9.17) is 4.74 Å². The zero-order chi connectivity index (χ0) is 19.4. The topological polar surface area (TPSA) is 96.0 Å². The van der Waals surface area contributed by atoms with Crippen molar-refractivity contribution in [2.75, 3.05) is 52.1 Å². The van der Waals surface area contributed by atoms with Crippen LogP contribution >= 0.6 is 0 Å². The van der Waals surface area contributed by atoms with Gasteiger partial charge in [0.25, 0.3) is 0 Å². The molecular formula is C16H27N3O5S2. The van der Waals surface area contributed by atoms with Gasteiger partial charge in [-0.05, 0) is 37.2 Å². The molecule has 0 atom stereocenters. The van der Waals surface area contributed by atoms with E-state index in [9.17, 15) is 16.8 Å². The maximum atomic E-state index is 12.4. The second-order valence-electron chi connectivity index (χ2n) is 6.18. The van der Waals surface area contributed by atoms with E-state index in [2.05, 4.69) is 9.62 Å². The highest BCUT2D eigenvalue weighted by molar-refractivity contribution is 7.90. The van der Waals surface area contributed by atoms with Crippen LogP contribution in [0.4, 0.5) is 0 Å². The van der Waals surface area contributed by atoms with Gasteiger partial charge in [0, 0.05) is 32.7 Å². The lowest BCUT2D eigenvalue weighted by Gasteiger charge is -2.33. The Bertz CT molecular complexity index is 816. The molecule has 8 nitrogen and oxygen atoms in total. The van der Waals surface area contributed by atoms with Gasteiger partial charge in [0.05, 0.1) is 17.8 Å². The molecule has 26 heavy (non-hydrogen) atoms. The molecule has 0 radical (unpaired) electrons. The molecule has 0 saturated carbocycles. The van der Waals surface area contributed by atoms with Crippen molar-refractivity contribution in [2.24, 2.45) is 0 Å². The van der Waals surface area contributed by atoms with Crippen molar-refractivity contribution < 1.29 is 21.6 Å². The fraction of sp³-hybridized carbons (Fsp3) is 0.625. The number of likely N-dealkylation sites (N-methyl/N-ethyl adjacent to an activating group) is 1. The first kappa shape index (κ1) is 21.1. The van der Waals surface area contributed by atoms with Gasteiger partial charge in [0.1, 0.15) is 5.75 Å². The smallest absolute Gasteiger partial charge is 0.240 e. The highest BCUT2D eigenvalue weighted by Gasteiger charge is 2.26. The van der Waals surface area contributed by atoms with Crippen LogP contribution in [-0.2, 0) is 20.0 Å². The number of aryl methyl sites for hydroxylation is 1. The van der Waals surface area contributed by atoms with Crippen LogP contribution in [0, 0.1) is 6.92 Å². The lowest BCUT2D eigenvalue weighted by atomic mass is 10.2. The van der Waals surface area contributed by atoms with E-state index in [1.165, 1.54) is 23.5 Å². The molecule has 148 valence electrons. The summed E-state index contributed by atoms with van der Waals surface area (Å²) in [6.07, 6.45) is 0. The third-order valence-corrected chi connectivity index (χ3v) is 7.83. The summed E-state index contributed by atoms with van der Waals surface area (Å²) in [5.74, 6) is 0.339. The van der Waals surface area contributed by atoms with Gasteiger partial charge in [0.2, 0.25) is 20.0 Å². The standard InChI is InChI=1S/C16H27N3O5S2/c1-4-18-8-10-19(11-9-18)25(20,21)12-7-17-26(22,23)15-5-6-16(24-3)14(2)13-15/h5-6,13,17H,4,7-12H2,1-3H3. The van der Waals surface area contributed by atoms with Crippen molar-refractivity contribution >= 4 is 20.0 Å². The first-order valence-electron chi connectivity index (χ1n) is 8.54. The minimum absolute atomic E-state index is 0.0877. The molecule has 1 heterocycles. The van der Waals surface area contributed by atoms with Crippen molar-refractivity contribution in [3.8, 4) is 5.75 Å². The molecule has 0 unspecified atom stereocenters. The number of ether oxygens (including phenoxy) is 1. The van der Waals surface area contributed by atoms with E-state index in [1.807, 2.05) is 6.92 Å². The lowest BCUT2D eigenvalue weighted by molar-refractivity contribution is 0.196. The fourth-order valence-corrected chi connectivity index (χ4v) is 5.44. The predicted octanol–water partition coefficient (Wildman–Crippen LogP) is 0.249. The summed E-state index contributed by atoms with van der Waals surface area (Å²) < 4.78 is 58.4. The Kier molecular flexibility index (Phi) is 7.03. The number of piperazine rings is 1. The van der Waals surface area contributed by atoms with Crippen LogP contribution < -0.4 is 9.46 Å². The molecule has 1 aliphatic heterocycles. The summed E-state index contributed by atoms with van der Waals surface area (Å²) >= 11 is 0. The van der Waals surface area contributed by atoms with Crippen molar-refractivity contribution in [1.29, 1.82) is 0 Å². The van der Waals surface area contributed by atoms with E-state index in [0.717, 1.165) is 6.54 Å². The third-order valence-electron chi connectivity index (χ3n) is 4.50. The van der Waals surface area contributed by atoms with Gasteiger partial charge in [-0.3, -0.25) is 0 Å². The molecule has 0 amide bonds. The highest BCUT2D eigenvalue weighted by atomic mass is 32.2. The Morgan fingerprint density at radius 2 is 1.77 bits per heavy atom. The zero-order valence-electron chi connectivity index (χ0n) is 15.4. The number of hydrogen-bond donors (Lipinski definition) is 1. The van der Waals surface area contributed by atoms with E-state index < -0.39 is 20.0 Å². The fourth-order valence-electron chi connectivity index (χ4n) is 2.86. The Morgan fingerprint density at radius 1 is 1.12 bits per heavy atom. The molecule has 1 aromatic rings. The van der Waals surface area contributed by atoms with Crippen LogP contribution in [0.15, 0.2) is 23.1 Å². The number of nitrogens with one attached hydrogen (secondary N) is 1. The van der Waals surface area contributed by atoms with Crippen molar-refractivity contribution in [1.82, 2.24) is 13.9 Å². The molecule has 2 rings (SSSR count). The normalized spacial score (nSPS) is 17.3. The summed E-state index contributed by atoms with van der Waals surface area (Å²) in [7, 11) is -5.74. The van der Waals surface area contributed by atoms with Gasteiger partial charge in [-0.25, -0.2) is 21.6 Å². The number of sulfonamides is 2. The van der Waals surface area contributed by atoms with Gasteiger partial charge in [-0.15, -0.1) is 0 Å². The maximum Gasteiger partial charge on any atom is 0.240 e. The summed E-state index contributed by atoms with van der Waals surface area (Å²) in [5, 5.41) is 0. The summed E-state index contributed by atoms with van der Waals surface area (Å²) in [4.78, 5) is 2.27. The van der Waals surface area contributed by atoms with Crippen LogP contribution in [0.1, 0.15) is 12.5 Å². The van der Waals surface area contributed by atoms with E-state index >= 15 is 0 Å². The minimum Gasteiger partial charge on any atom is -0.496 e. The van der Waals surface area contributed by atoms with Gasteiger partial charge >= 0.3 is 0 Å². The summed E-state index contributed by atoms with van der Waals surface area (Å²) in [6, 6.07) is 4.51. The van der Waals surface area contributed by atoms with Crippen LogP contribution in [0.3, 0.4) is 0 Å². The molecule has 0 bridgehead atoms. The van der Waals surface area contributed by atoms with Crippen LogP contribution in [0.2, 0.25) is 0 Å². The molecule has 1 saturated heterocycles. The monoisotopic (exact) mass is 405 g/mol. The highest BCUT2D eigenvalue weighted by Crippen LogP contribution is 2.21. The number of rotatable bonds is 8. The molecule has 0 spiro atoms. The second kappa shape index (κ2) is 8.66. The quantitative estimate of drug-likeness (QED) is 0.666. The lowest BCUT2D eigenvalue weighted by Crippen LogP contribution is -2.49. The Balaban J connectivity index is 1.94. The Labute approximate surface area is 156 Å². The third kappa shape index (κ3) is 5.17. The number of nitrogens with zero attached hydrogens (tertiary/aromatic N) is 2. The molecule has 10 heteroatoms. The Hall–Kier alpha value is -1.20. The van der Waals surface area contributed by atoms with Crippen LogP contribution in [-0.4, -0.2) is 78.2 Å². The molecular weight excluding hydrogens is 378 g/mol. The van der Waals surface area contributed by atoms with Crippen LogP contribution in [0.25, 0.3) is 0 Å². The van der Waals surface area contributed by atoms with Crippen LogP contribution in [0.5, 0.6) is 5.75 Å². The molecule has 0 aromatic heterocycles. The van der Waals surface area contributed by atoms with Gasteiger partial charge in [-0.1, -0.05) is 6.92 Å². The van der Waals surface area contributed by atoms with Crippen molar-refractivity contribution in [2.45, 2.75) is 18.7 Å². The first-order chi connectivity index (χ1) is 12.2. The molecule has 1 N–H and O–H groups in total. The SMILES string of the molecule is CCN1CCN(S(=O)(=O)CCNS(=O)(=O)c2ccc(OC)c(C)c2)CC1. The maximum absolute atomic E-state index is 12.4. The number of benzene rings is 1. The minimum atomic E-state index is -3.77. The van der Waals surface area contributed by atoms with E-state index in [-0.39, 0.29) is 17.2 Å². The summed E-state index contributed by atoms with van der Waals surface area (Å²) in [5.41, 5.74) is 0.691. The average Bonchev–Trinajstić information content (AvgIpc) is 2.61. The average molecular weight is 406 g/mol. The van der Waals surface area contributed by atoms with E-state index in [1.54, 1.807) is 13.0 Å². The Morgan fingerprint density at radius 3 is 2.31 bits per heavy atom. The number of hydrogen-bond acceptors (Lipinski definition) is 6. The van der Waals surface area contributed by atoms with Gasteiger partial charge < -0.3 is 9.64 Å². The van der Waals surface area contributed by atoms with Gasteiger partial charge in [0.15, 0.2) is 0 Å². The predicted molar refractivity (Wildman–Crippen MR) is 100 cm³/mol. The number of methoxy groups -OCH3 is 1. The molecule has 0 aliphatic carbocycles. The second-order valence-corrected chi connectivity index (χ2v) is 10.0. The summed E-state index contributed by atoms with van der Waals surface area (Å²) in [6.45, 7) is 6.82. The van der Waals surface area contributed by atoms with Crippen molar-refractivity contribution in [3.05, 3.63) is 23.8 Å². The zero-order valence-corrected chi connectivity index (χ0v) is 17.1. The van der Waals surface area contributed by atoms with Gasteiger partial charge in [-0.2, -0.15) is 4.31 Å².